The number of hydrazine groups is 2. The van der Waals surface area contributed by atoms with Crippen LogP contribution < -0.4 is 20.3 Å². The zero-order chi connectivity index (χ0) is 19.8. The van der Waals surface area contributed by atoms with Crippen molar-refractivity contribution in [3.63, 3.8) is 0 Å². The predicted octanol–water partition coefficient (Wildman–Crippen LogP) is 1.51. The first-order valence-corrected chi connectivity index (χ1v) is 8.34. The molecule has 2 amide bonds. The lowest BCUT2D eigenvalue weighted by molar-refractivity contribution is 0.0714. The van der Waals surface area contributed by atoms with E-state index in [1.165, 1.54) is 10.0 Å². The summed E-state index contributed by atoms with van der Waals surface area (Å²) in [5.74, 6) is 0.306. The van der Waals surface area contributed by atoms with E-state index in [9.17, 15) is 9.59 Å². The van der Waals surface area contributed by atoms with E-state index in [0.29, 0.717) is 22.6 Å². The van der Waals surface area contributed by atoms with Gasteiger partial charge in [-0.1, -0.05) is 24.3 Å². The number of carbonyl (C=O) groups is 2. The number of ether oxygens (including phenoxy) is 2. The third kappa shape index (κ3) is 4.96. The minimum Gasteiger partial charge on any atom is -0.457 e. The fourth-order valence-corrected chi connectivity index (χ4v) is 2.26. The van der Waals surface area contributed by atoms with Crippen LogP contribution >= 0.6 is 0 Å². The molecule has 0 spiro atoms. The summed E-state index contributed by atoms with van der Waals surface area (Å²) in [6, 6.07) is 13.8. The Kier molecular flexibility index (Phi) is 7.16. The molecule has 2 rings (SSSR count). The van der Waals surface area contributed by atoms with Crippen LogP contribution in [-0.4, -0.2) is 56.8 Å². The number of carbonyl (C=O) groups excluding carboxylic acids is 2. The van der Waals surface area contributed by atoms with Crippen molar-refractivity contribution < 1.29 is 19.1 Å². The molecular formula is C19H24N4O4. The van der Waals surface area contributed by atoms with Crippen molar-refractivity contribution in [3.8, 4) is 11.5 Å². The Morgan fingerprint density at radius 1 is 0.778 bits per heavy atom. The van der Waals surface area contributed by atoms with Crippen LogP contribution in [0.3, 0.4) is 0 Å². The molecule has 27 heavy (non-hydrogen) atoms. The smallest absolute Gasteiger partial charge is 0.271 e. The lowest BCUT2D eigenvalue weighted by atomic mass is 10.2. The minimum absolute atomic E-state index is 0.152. The lowest BCUT2D eigenvalue weighted by Gasteiger charge is -2.19. The van der Waals surface area contributed by atoms with Gasteiger partial charge in [0.1, 0.15) is 11.5 Å². The summed E-state index contributed by atoms with van der Waals surface area (Å²) in [6.07, 6.45) is 0. The summed E-state index contributed by atoms with van der Waals surface area (Å²) < 4.78 is 11.3. The zero-order valence-corrected chi connectivity index (χ0v) is 15.9. The van der Waals surface area contributed by atoms with E-state index in [1.807, 2.05) is 0 Å². The largest absolute Gasteiger partial charge is 0.457 e. The number of hydrogen-bond acceptors (Lipinski definition) is 6. The summed E-state index contributed by atoms with van der Waals surface area (Å²) in [7, 11) is 6.55. The Hall–Kier alpha value is -3.10. The molecule has 0 atom stereocenters. The molecule has 0 heterocycles. The van der Waals surface area contributed by atoms with E-state index in [-0.39, 0.29) is 18.6 Å². The molecule has 0 radical (unpaired) electrons. The molecule has 0 fully saturated rings. The van der Waals surface area contributed by atoms with Gasteiger partial charge in [0.2, 0.25) is 6.79 Å². The van der Waals surface area contributed by atoms with Crippen molar-refractivity contribution in [2.45, 2.75) is 0 Å². The van der Waals surface area contributed by atoms with Crippen molar-refractivity contribution in [2.75, 3.05) is 35.0 Å². The van der Waals surface area contributed by atoms with Crippen molar-refractivity contribution in [2.24, 2.45) is 0 Å². The number of nitrogens with zero attached hydrogens (tertiary/aromatic N) is 2. The fraction of sp³-hybridized carbons (Fsp3) is 0.263. The van der Waals surface area contributed by atoms with Crippen LogP contribution in [0, 0.1) is 0 Å². The van der Waals surface area contributed by atoms with Gasteiger partial charge in [-0.3, -0.25) is 19.6 Å². The topological polar surface area (TPSA) is 83.1 Å². The van der Waals surface area contributed by atoms with E-state index in [1.54, 1.807) is 76.7 Å². The maximum Gasteiger partial charge on any atom is 0.271 e. The molecule has 0 saturated carbocycles. The number of nitrogens with one attached hydrogen (secondary N) is 2. The van der Waals surface area contributed by atoms with Gasteiger partial charge >= 0.3 is 0 Å². The maximum atomic E-state index is 12.4. The number of hydrogen-bond donors (Lipinski definition) is 2. The highest BCUT2D eigenvalue weighted by Crippen LogP contribution is 2.22. The number of para-hydroxylation sites is 2. The van der Waals surface area contributed by atoms with Crippen molar-refractivity contribution >= 4 is 11.8 Å². The van der Waals surface area contributed by atoms with Crippen LogP contribution in [0.5, 0.6) is 11.5 Å². The molecule has 0 saturated heterocycles. The van der Waals surface area contributed by atoms with E-state index >= 15 is 0 Å². The molecule has 0 aliphatic rings. The van der Waals surface area contributed by atoms with Crippen LogP contribution in [0.4, 0.5) is 0 Å². The number of benzene rings is 2. The van der Waals surface area contributed by atoms with Gasteiger partial charge in [-0.2, -0.15) is 0 Å². The average molecular weight is 372 g/mol. The lowest BCUT2D eigenvalue weighted by Crippen LogP contribution is -2.37. The van der Waals surface area contributed by atoms with E-state index in [4.69, 9.17) is 9.47 Å². The Labute approximate surface area is 158 Å². The van der Waals surface area contributed by atoms with Crippen molar-refractivity contribution in [3.05, 3.63) is 59.7 Å². The second-order valence-corrected chi connectivity index (χ2v) is 5.57. The molecule has 2 N–H and O–H groups in total. The van der Waals surface area contributed by atoms with Crippen LogP contribution in [0.2, 0.25) is 0 Å². The molecular weight excluding hydrogens is 348 g/mol. The molecule has 0 aliphatic heterocycles. The fourth-order valence-electron chi connectivity index (χ4n) is 2.26. The van der Waals surface area contributed by atoms with E-state index in [0.717, 1.165) is 0 Å². The minimum atomic E-state index is -0.237. The SMILES string of the molecule is CNN(C)C(=O)c1ccccc1OCOc1ccccc1C(=O)N(C)NC. The van der Waals surface area contributed by atoms with Gasteiger partial charge in [0, 0.05) is 28.2 Å². The summed E-state index contributed by atoms with van der Waals surface area (Å²) in [6.45, 7) is -0.152. The average Bonchev–Trinajstić information content (AvgIpc) is 2.72. The van der Waals surface area contributed by atoms with Crippen LogP contribution in [-0.2, 0) is 0 Å². The summed E-state index contributed by atoms with van der Waals surface area (Å²) in [5.41, 5.74) is 6.31. The number of amides is 2. The quantitative estimate of drug-likeness (QED) is 0.540. The molecule has 0 aromatic heterocycles. The highest BCUT2D eigenvalue weighted by atomic mass is 16.7. The standard InChI is InChI=1S/C19H24N4O4/c1-20-22(3)18(24)14-9-5-7-11-16(14)26-13-27-17-12-8-6-10-15(17)19(25)23(4)21-2/h5-12,20-21H,13H2,1-4H3. The molecule has 2 aromatic carbocycles. The first kappa shape index (κ1) is 20.2. The highest BCUT2D eigenvalue weighted by Gasteiger charge is 2.17. The van der Waals surface area contributed by atoms with E-state index < -0.39 is 0 Å². The Morgan fingerprint density at radius 3 is 1.52 bits per heavy atom. The van der Waals surface area contributed by atoms with Gasteiger partial charge in [0.25, 0.3) is 11.8 Å². The Morgan fingerprint density at radius 2 is 1.15 bits per heavy atom. The zero-order valence-electron chi connectivity index (χ0n) is 15.9. The molecule has 0 bridgehead atoms. The molecule has 8 heteroatoms. The summed E-state index contributed by atoms with van der Waals surface area (Å²) in [4.78, 5) is 24.7. The van der Waals surface area contributed by atoms with E-state index in [2.05, 4.69) is 10.9 Å². The third-order valence-electron chi connectivity index (χ3n) is 3.94. The summed E-state index contributed by atoms with van der Waals surface area (Å²) >= 11 is 0. The van der Waals surface area contributed by atoms with Gasteiger partial charge in [0.15, 0.2) is 0 Å². The van der Waals surface area contributed by atoms with Crippen LogP contribution in [0.1, 0.15) is 20.7 Å². The molecule has 2 aromatic rings. The second kappa shape index (κ2) is 9.56. The van der Waals surface area contributed by atoms with Crippen molar-refractivity contribution in [1.82, 2.24) is 20.9 Å². The third-order valence-corrected chi connectivity index (χ3v) is 3.94. The normalized spacial score (nSPS) is 10.2. The van der Waals surface area contributed by atoms with Gasteiger partial charge < -0.3 is 9.47 Å². The first-order valence-electron chi connectivity index (χ1n) is 8.34. The predicted molar refractivity (Wildman–Crippen MR) is 101 cm³/mol. The number of rotatable bonds is 8. The Balaban J connectivity index is 2.10. The first-order chi connectivity index (χ1) is 13.0. The molecule has 0 aliphatic carbocycles. The molecule has 144 valence electrons. The van der Waals surface area contributed by atoms with Gasteiger partial charge in [0.05, 0.1) is 11.1 Å². The maximum absolute atomic E-state index is 12.4. The van der Waals surface area contributed by atoms with Crippen LogP contribution in [0.25, 0.3) is 0 Å². The van der Waals surface area contributed by atoms with Gasteiger partial charge in [-0.15, -0.1) is 0 Å². The highest BCUT2D eigenvalue weighted by molar-refractivity contribution is 5.97. The van der Waals surface area contributed by atoms with Gasteiger partial charge in [-0.05, 0) is 24.3 Å². The molecule has 0 unspecified atom stereocenters. The summed E-state index contributed by atoms with van der Waals surface area (Å²) in [5, 5.41) is 2.70. The monoisotopic (exact) mass is 372 g/mol. The second-order valence-electron chi connectivity index (χ2n) is 5.57. The van der Waals surface area contributed by atoms with Crippen molar-refractivity contribution in [1.29, 1.82) is 0 Å². The van der Waals surface area contributed by atoms with Gasteiger partial charge in [-0.25, -0.2) is 10.9 Å². The van der Waals surface area contributed by atoms with Crippen LogP contribution in [0.15, 0.2) is 48.5 Å². The Bertz CT molecular complexity index is 731. The molecule has 8 nitrogen and oxygen atoms in total.